The molecular weight excluding hydrogens is 295 g/mol. The number of benzene rings is 2. The summed E-state index contributed by atoms with van der Waals surface area (Å²) in [6, 6.07) is 19.7. The van der Waals surface area contributed by atoms with Gasteiger partial charge in [0.15, 0.2) is 0 Å². The van der Waals surface area contributed by atoms with Gasteiger partial charge in [-0.05, 0) is 22.9 Å². The molecule has 0 saturated heterocycles. The standard InChI is InChI=1S/C14H15O2PS2/c15-17(18,16-11-13-7-3-1-4-8-13)19-12-14-9-5-2-6-10-14/h1-10H,11-12H2,(H,15,18). The molecule has 0 aliphatic carbocycles. The summed E-state index contributed by atoms with van der Waals surface area (Å²) in [7, 11) is 0. The van der Waals surface area contributed by atoms with E-state index < -0.39 is 5.69 Å². The van der Waals surface area contributed by atoms with Crippen molar-refractivity contribution in [1.82, 2.24) is 0 Å². The maximum absolute atomic E-state index is 10.1. The van der Waals surface area contributed by atoms with Crippen LogP contribution in [0, 0.1) is 0 Å². The van der Waals surface area contributed by atoms with Gasteiger partial charge in [-0.15, -0.1) is 0 Å². The van der Waals surface area contributed by atoms with Gasteiger partial charge in [-0.25, -0.2) is 0 Å². The molecule has 0 saturated carbocycles. The van der Waals surface area contributed by atoms with Crippen molar-refractivity contribution < 1.29 is 9.42 Å². The zero-order chi connectivity index (χ0) is 13.6. The SMILES string of the molecule is OP(=S)(OCc1ccccc1)SCc1ccccc1. The molecule has 0 heterocycles. The summed E-state index contributed by atoms with van der Waals surface area (Å²) < 4.78 is 5.48. The minimum atomic E-state index is -2.77. The largest absolute Gasteiger partial charge is 0.337 e. The van der Waals surface area contributed by atoms with Crippen LogP contribution in [0.5, 0.6) is 0 Å². The van der Waals surface area contributed by atoms with Gasteiger partial charge in [0.05, 0.1) is 6.61 Å². The molecule has 100 valence electrons. The fraction of sp³-hybridized carbons (Fsp3) is 0.143. The third-order valence-corrected chi connectivity index (χ3v) is 6.67. The first kappa shape index (κ1) is 14.8. The van der Waals surface area contributed by atoms with E-state index in [1.54, 1.807) is 0 Å². The second kappa shape index (κ2) is 7.22. The van der Waals surface area contributed by atoms with Crippen LogP contribution in [0.4, 0.5) is 0 Å². The van der Waals surface area contributed by atoms with Crippen molar-refractivity contribution in [2.75, 3.05) is 0 Å². The molecule has 0 amide bonds. The van der Waals surface area contributed by atoms with E-state index in [0.717, 1.165) is 11.1 Å². The van der Waals surface area contributed by atoms with Gasteiger partial charge < -0.3 is 9.42 Å². The summed E-state index contributed by atoms with van der Waals surface area (Å²) in [5.74, 6) is 0.670. The Hall–Kier alpha value is -0.640. The van der Waals surface area contributed by atoms with Crippen LogP contribution in [0.25, 0.3) is 0 Å². The highest BCUT2D eigenvalue weighted by atomic mass is 32.9. The van der Waals surface area contributed by atoms with E-state index in [4.69, 9.17) is 16.3 Å². The van der Waals surface area contributed by atoms with Gasteiger partial charge in [0.25, 0.3) is 0 Å². The van der Waals surface area contributed by atoms with Crippen molar-refractivity contribution in [3.8, 4) is 0 Å². The molecule has 19 heavy (non-hydrogen) atoms. The van der Waals surface area contributed by atoms with Crippen molar-refractivity contribution in [1.29, 1.82) is 0 Å². The van der Waals surface area contributed by atoms with Crippen LogP contribution < -0.4 is 0 Å². The molecule has 0 bridgehead atoms. The third kappa shape index (κ3) is 5.47. The Balaban J connectivity index is 1.84. The van der Waals surface area contributed by atoms with Crippen molar-refractivity contribution in [3.63, 3.8) is 0 Å². The fourth-order valence-corrected chi connectivity index (χ4v) is 4.34. The smallest absolute Gasteiger partial charge is 0.245 e. The van der Waals surface area contributed by atoms with E-state index in [-0.39, 0.29) is 0 Å². The molecule has 5 heteroatoms. The average Bonchev–Trinajstić information content (AvgIpc) is 2.46. The van der Waals surface area contributed by atoms with E-state index in [1.807, 2.05) is 60.7 Å². The van der Waals surface area contributed by atoms with E-state index in [2.05, 4.69) is 0 Å². The maximum atomic E-state index is 10.1. The lowest BCUT2D eigenvalue weighted by molar-refractivity contribution is 0.309. The lowest BCUT2D eigenvalue weighted by Crippen LogP contribution is -1.89. The Morgan fingerprint density at radius 3 is 2.05 bits per heavy atom. The lowest BCUT2D eigenvalue weighted by atomic mass is 10.2. The van der Waals surface area contributed by atoms with Crippen LogP contribution in [0.3, 0.4) is 0 Å². The van der Waals surface area contributed by atoms with Crippen molar-refractivity contribution in [3.05, 3.63) is 71.8 Å². The van der Waals surface area contributed by atoms with E-state index in [1.165, 1.54) is 11.4 Å². The first-order valence-corrected chi connectivity index (χ1v) is 10.1. The molecule has 2 aromatic rings. The Labute approximate surface area is 122 Å². The highest BCUT2D eigenvalue weighted by molar-refractivity contribution is 8.67. The topological polar surface area (TPSA) is 29.5 Å². The van der Waals surface area contributed by atoms with Gasteiger partial charge >= 0.3 is 0 Å². The van der Waals surface area contributed by atoms with E-state index in [9.17, 15) is 4.89 Å². The summed E-state index contributed by atoms with van der Waals surface area (Å²) in [4.78, 5) is 10.1. The second-order valence-corrected chi connectivity index (χ2v) is 10.2. The first-order chi connectivity index (χ1) is 9.16. The van der Waals surface area contributed by atoms with Gasteiger partial charge in [-0.1, -0.05) is 72.0 Å². The number of rotatable bonds is 6. The van der Waals surface area contributed by atoms with Gasteiger partial charge in [-0.2, -0.15) is 0 Å². The van der Waals surface area contributed by atoms with Gasteiger partial charge in [0.2, 0.25) is 5.69 Å². The minimum absolute atomic E-state index is 0.358. The molecule has 0 aliphatic heterocycles. The maximum Gasteiger partial charge on any atom is 0.245 e. The molecule has 0 aromatic heterocycles. The highest BCUT2D eigenvalue weighted by Gasteiger charge is 2.14. The van der Waals surface area contributed by atoms with Crippen molar-refractivity contribution in [2.45, 2.75) is 12.4 Å². The quantitative estimate of drug-likeness (QED) is 0.803. The lowest BCUT2D eigenvalue weighted by Gasteiger charge is -2.15. The molecule has 1 N–H and O–H groups in total. The fourth-order valence-electron chi connectivity index (χ4n) is 1.50. The van der Waals surface area contributed by atoms with Gasteiger partial charge in [0.1, 0.15) is 0 Å². The Bertz CT molecular complexity index is 498. The molecular formula is C14H15O2PS2. The van der Waals surface area contributed by atoms with Crippen LogP contribution in [-0.4, -0.2) is 4.89 Å². The molecule has 0 fully saturated rings. The average molecular weight is 310 g/mol. The Kier molecular flexibility index (Phi) is 5.61. The van der Waals surface area contributed by atoms with Crippen LogP contribution >= 0.6 is 17.1 Å². The summed E-state index contributed by atoms with van der Waals surface area (Å²) in [5, 5.41) is 0. The zero-order valence-corrected chi connectivity index (χ0v) is 12.8. The van der Waals surface area contributed by atoms with Crippen molar-refractivity contribution >= 4 is 28.9 Å². The highest BCUT2D eigenvalue weighted by Crippen LogP contribution is 2.57. The Morgan fingerprint density at radius 1 is 0.947 bits per heavy atom. The van der Waals surface area contributed by atoms with Gasteiger partial charge in [0, 0.05) is 5.75 Å². The molecule has 1 unspecified atom stereocenters. The molecule has 2 rings (SSSR count). The first-order valence-electron chi connectivity index (χ1n) is 5.85. The molecule has 1 atom stereocenters. The van der Waals surface area contributed by atoms with Crippen LogP contribution in [0.2, 0.25) is 0 Å². The molecule has 0 spiro atoms. The zero-order valence-electron chi connectivity index (χ0n) is 10.3. The van der Waals surface area contributed by atoms with E-state index in [0.29, 0.717) is 12.4 Å². The van der Waals surface area contributed by atoms with E-state index >= 15 is 0 Å². The number of hydrogen-bond donors (Lipinski definition) is 1. The second-order valence-electron chi connectivity index (χ2n) is 3.99. The molecule has 0 radical (unpaired) electrons. The molecule has 2 nitrogen and oxygen atoms in total. The van der Waals surface area contributed by atoms with Gasteiger partial charge in [-0.3, -0.25) is 0 Å². The van der Waals surface area contributed by atoms with Crippen molar-refractivity contribution in [2.24, 2.45) is 0 Å². The molecule has 0 aliphatic rings. The van der Waals surface area contributed by atoms with Crippen LogP contribution in [0.15, 0.2) is 60.7 Å². The predicted octanol–water partition coefficient (Wildman–Crippen LogP) is 4.35. The molecule has 2 aromatic carbocycles. The van der Waals surface area contributed by atoms with Crippen LogP contribution in [0.1, 0.15) is 11.1 Å². The minimum Gasteiger partial charge on any atom is -0.337 e. The predicted molar refractivity (Wildman–Crippen MR) is 85.5 cm³/mol. The summed E-state index contributed by atoms with van der Waals surface area (Å²) >= 11 is 6.46. The van der Waals surface area contributed by atoms with Crippen LogP contribution in [-0.2, 0) is 28.7 Å². The summed E-state index contributed by atoms with van der Waals surface area (Å²) in [6.45, 7) is 0.358. The third-order valence-electron chi connectivity index (χ3n) is 2.47. The monoisotopic (exact) mass is 310 g/mol. The normalized spacial score (nSPS) is 13.9. The summed E-state index contributed by atoms with van der Waals surface area (Å²) in [5.41, 5.74) is -0.616. The summed E-state index contributed by atoms with van der Waals surface area (Å²) in [6.07, 6.45) is 0. The number of hydrogen-bond acceptors (Lipinski definition) is 3. The Morgan fingerprint density at radius 2 is 1.47 bits per heavy atom.